The molecular formula is C21H29N5O2. The van der Waals surface area contributed by atoms with Crippen molar-refractivity contribution in [2.24, 2.45) is 16.5 Å². The highest BCUT2D eigenvalue weighted by molar-refractivity contribution is 5.98. The highest BCUT2D eigenvalue weighted by Gasteiger charge is 2.29. The molecular weight excluding hydrogens is 354 g/mol. The molecule has 1 fully saturated rings. The SMILES string of the molecule is CCCN=C(N)N.O=C1CCN1C(=O)NCc1ccc(C2=CCCC=C2)cc1. The van der Waals surface area contributed by atoms with Crippen LogP contribution in [0.2, 0.25) is 0 Å². The zero-order valence-electron chi connectivity index (χ0n) is 16.4. The molecule has 28 heavy (non-hydrogen) atoms. The molecule has 1 aliphatic carbocycles. The van der Waals surface area contributed by atoms with Gasteiger partial charge in [-0.25, -0.2) is 4.79 Å². The summed E-state index contributed by atoms with van der Waals surface area (Å²) in [5.74, 6) is 0.0840. The Morgan fingerprint density at radius 2 is 1.96 bits per heavy atom. The summed E-state index contributed by atoms with van der Waals surface area (Å²) in [5, 5.41) is 2.77. The fourth-order valence-corrected chi connectivity index (χ4v) is 2.69. The Hall–Kier alpha value is -3.09. The molecule has 0 aromatic heterocycles. The second-order valence-corrected chi connectivity index (χ2v) is 6.60. The first kappa shape index (κ1) is 21.2. The summed E-state index contributed by atoms with van der Waals surface area (Å²) in [5.41, 5.74) is 13.5. The third-order valence-electron chi connectivity index (χ3n) is 4.34. The summed E-state index contributed by atoms with van der Waals surface area (Å²) in [7, 11) is 0. The lowest BCUT2D eigenvalue weighted by molar-refractivity contribution is -0.135. The molecule has 0 bridgehead atoms. The molecule has 1 saturated heterocycles. The van der Waals surface area contributed by atoms with Crippen molar-refractivity contribution in [2.75, 3.05) is 13.1 Å². The number of aliphatic imine (C=N–C) groups is 1. The number of nitrogens with one attached hydrogen (secondary N) is 1. The van der Waals surface area contributed by atoms with Crippen molar-refractivity contribution in [3.8, 4) is 0 Å². The topological polar surface area (TPSA) is 114 Å². The van der Waals surface area contributed by atoms with Crippen LogP contribution in [0.3, 0.4) is 0 Å². The molecule has 5 N–H and O–H groups in total. The second kappa shape index (κ2) is 10.9. The summed E-state index contributed by atoms with van der Waals surface area (Å²) in [6.07, 6.45) is 10.3. The van der Waals surface area contributed by atoms with Crippen molar-refractivity contribution >= 4 is 23.5 Å². The van der Waals surface area contributed by atoms with Crippen LogP contribution in [0, 0.1) is 0 Å². The molecule has 3 rings (SSSR count). The van der Waals surface area contributed by atoms with Crippen molar-refractivity contribution < 1.29 is 9.59 Å². The van der Waals surface area contributed by atoms with Crippen LogP contribution in [0.5, 0.6) is 0 Å². The predicted molar refractivity (Wildman–Crippen MR) is 112 cm³/mol. The van der Waals surface area contributed by atoms with Gasteiger partial charge in [0.15, 0.2) is 5.96 Å². The van der Waals surface area contributed by atoms with Crippen LogP contribution in [0.15, 0.2) is 47.5 Å². The van der Waals surface area contributed by atoms with Crippen LogP contribution >= 0.6 is 0 Å². The number of nitrogens with two attached hydrogens (primary N) is 2. The first-order valence-corrected chi connectivity index (χ1v) is 9.61. The van der Waals surface area contributed by atoms with E-state index < -0.39 is 0 Å². The van der Waals surface area contributed by atoms with Gasteiger partial charge in [0.05, 0.1) is 0 Å². The van der Waals surface area contributed by atoms with Gasteiger partial charge in [0, 0.05) is 26.1 Å². The minimum absolute atomic E-state index is 0.0983. The highest BCUT2D eigenvalue weighted by atomic mass is 16.2. The fourth-order valence-electron chi connectivity index (χ4n) is 2.69. The number of amides is 3. The third-order valence-corrected chi connectivity index (χ3v) is 4.34. The van der Waals surface area contributed by atoms with E-state index >= 15 is 0 Å². The smallest absolute Gasteiger partial charge is 0.324 e. The molecule has 7 nitrogen and oxygen atoms in total. The van der Waals surface area contributed by atoms with E-state index in [4.69, 9.17) is 11.5 Å². The van der Waals surface area contributed by atoms with Crippen molar-refractivity contribution in [3.63, 3.8) is 0 Å². The molecule has 0 radical (unpaired) electrons. The largest absolute Gasteiger partial charge is 0.370 e. The van der Waals surface area contributed by atoms with Crippen LogP contribution < -0.4 is 16.8 Å². The fraction of sp³-hybridized carbons (Fsp3) is 0.381. The standard InChI is InChI=1S/C17H18N2O2.C4H11N3/c20-16-10-11-19(16)17(21)18-12-13-6-8-15(9-7-13)14-4-2-1-3-5-14;1-2-3-7-4(5)6/h2,4-9H,1,3,10-12H2,(H,18,21);2-3H2,1H3,(H4,5,6,7). The summed E-state index contributed by atoms with van der Waals surface area (Å²) in [6.45, 7) is 3.73. The number of rotatable bonds is 5. The molecule has 1 aromatic carbocycles. The normalized spacial score (nSPS) is 15.0. The molecule has 1 heterocycles. The predicted octanol–water partition coefficient (Wildman–Crippen LogP) is 2.53. The van der Waals surface area contributed by atoms with Crippen LogP contribution in [-0.4, -0.2) is 35.9 Å². The molecule has 3 amide bonds. The van der Waals surface area contributed by atoms with E-state index in [0.29, 0.717) is 19.5 Å². The summed E-state index contributed by atoms with van der Waals surface area (Å²) in [6, 6.07) is 7.86. The number of guanidine groups is 1. The number of hydrogen-bond donors (Lipinski definition) is 3. The molecule has 2 aliphatic rings. The molecule has 0 spiro atoms. The molecule has 1 aliphatic heterocycles. The van der Waals surface area contributed by atoms with Gasteiger partial charge < -0.3 is 16.8 Å². The summed E-state index contributed by atoms with van der Waals surface area (Å²) >= 11 is 0. The van der Waals surface area contributed by atoms with Crippen molar-refractivity contribution in [3.05, 3.63) is 53.6 Å². The molecule has 1 aromatic rings. The third kappa shape index (κ3) is 6.57. The number of nitrogens with zero attached hydrogens (tertiary/aromatic N) is 2. The maximum Gasteiger partial charge on any atom is 0.324 e. The average molecular weight is 383 g/mol. The maximum absolute atomic E-state index is 11.7. The number of β-lactam (4-membered cyclic amide) rings is 1. The minimum Gasteiger partial charge on any atom is -0.370 e. The monoisotopic (exact) mass is 383 g/mol. The van der Waals surface area contributed by atoms with Crippen molar-refractivity contribution in [2.45, 2.75) is 39.2 Å². The number of carbonyl (C=O) groups excluding carboxylic acids is 2. The van der Waals surface area contributed by atoms with Crippen LogP contribution in [0.4, 0.5) is 4.79 Å². The van der Waals surface area contributed by atoms with Gasteiger partial charge in [-0.3, -0.25) is 14.7 Å². The summed E-state index contributed by atoms with van der Waals surface area (Å²) in [4.78, 5) is 27.8. The zero-order chi connectivity index (χ0) is 20.4. The lowest BCUT2D eigenvalue weighted by Gasteiger charge is -2.28. The number of imide groups is 1. The number of hydrogen-bond acceptors (Lipinski definition) is 3. The number of benzene rings is 1. The van der Waals surface area contributed by atoms with E-state index in [1.807, 2.05) is 19.1 Å². The average Bonchev–Trinajstić information content (AvgIpc) is 2.71. The first-order valence-electron chi connectivity index (χ1n) is 9.61. The Bertz CT molecular complexity index is 762. The van der Waals surface area contributed by atoms with Gasteiger partial charge in [0.25, 0.3) is 0 Å². The van der Waals surface area contributed by atoms with Gasteiger partial charge in [0.2, 0.25) is 5.91 Å². The lowest BCUT2D eigenvalue weighted by atomic mass is 9.99. The van der Waals surface area contributed by atoms with Crippen LogP contribution in [0.25, 0.3) is 5.57 Å². The Morgan fingerprint density at radius 3 is 2.43 bits per heavy atom. The van der Waals surface area contributed by atoms with Gasteiger partial charge in [0.1, 0.15) is 0 Å². The maximum atomic E-state index is 11.7. The number of allylic oxidation sites excluding steroid dienone is 4. The molecule has 0 atom stereocenters. The zero-order valence-corrected chi connectivity index (χ0v) is 16.4. The van der Waals surface area contributed by atoms with Crippen LogP contribution in [-0.2, 0) is 11.3 Å². The van der Waals surface area contributed by atoms with Gasteiger partial charge in [-0.15, -0.1) is 0 Å². The van der Waals surface area contributed by atoms with E-state index in [9.17, 15) is 9.59 Å². The Kier molecular flexibility index (Phi) is 8.27. The number of carbonyl (C=O) groups is 2. The lowest BCUT2D eigenvalue weighted by Crippen LogP contribution is -2.51. The van der Waals surface area contributed by atoms with Crippen molar-refractivity contribution in [1.82, 2.24) is 10.2 Å². The Balaban J connectivity index is 0.000000345. The minimum atomic E-state index is -0.298. The number of urea groups is 1. The molecule has 7 heteroatoms. The Morgan fingerprint density at radius 1 is 1.21 bits per heavy atom. The summed E-state index contributed by atoms with van der Waals surface area (Å²) < 4.78 is 0. The van der Waals surface area contributed by atoms with E-state index in [-0.39, 0.29) is 17.9 Å². The molecule has 0 unspecified atom stereocenters. The van der Waals surface area contributed by atoms with E-state index in [0.717, 1.165) is 31.4 Å². The van der Waals surface area contributed by atoms with Gasteiger partial charge in [-0.1, -0.05) is 49.4 Å². The van der Waals surface area contributed by atoms with Gasteiger partial charge >= 0.3 is 6.03 Å². The van der Waals surface area contributed by atoms with Gasteiger partial charge in [-0.05, 0) is 36.0 Å². The second-order valence-electron chi connectivity index (χ2n) is 6.60. The number of likely N-dealkylation sites (tertiary alicyclic amines) is 1. The van der Waals surface area contributed by atoms with Crippen molar-refractivity contribution in [1.29, 1.82) is 0 Å². The van der Waals surface area contributed by atoms with E-state index in [2.05, 4.69) is 40.7 Å². The highest BCUT2D eigenvalue weighted by Crippen LogP contribution is 2.21. The van der Waals surface area contributed by atoms with E-state index in [1.165, 1.54) is 16.0 Å². The first-order chi connectivity index (χ1) is 13.5. The quantitative estimate of drug-likeness (QED) is 0.412. The Labute approximate surface area is 166 Å². The van der Waals surface area contributed by atoms with E-state index in [1.54, 1.807) is 0 Å². The van der Waals surface area contributed by atoms with Crippen LogP contribution in [0.1, 0.15) is 43.7 Å². The molecule has 0 saturated carbocycles. The van der Waals surface area contributed by atoms with Gasteiger partial charge in [-0.2, -0.15) is 0 Å². The molecule has 150 valence electrons.